The van der Waals surface area contributed by atoms with Gasteiger partial charge in [-0.1, -0.05) is 12.1 Å². The lowest BCUT2D eigenvalue weighted by atomic mass is 9.75. The van der Waals surface area contributed by atoms with Crippen LogP contribution < -0.4 is 5.73 Å². The first-order valence-corrected chi connectivity index (χ1v) is 8.32. The predicted molar refractivity (Wildman–Crippen MR) is 99.0 cm³/mol. The van der Waals surface area contributed by atoms with Crippen LogP contribution in [0.25, 0.3) is 0 Å². The topological polar surface area (TPSA) is 160 Å². The van der Waals surface area contributed by atoms with Crippen LogP contribution in [0.1, 0.15) is 18.4 Å². The number of primary amides is 1. The molecule has 1 amide bonds. The smallest absolute Gasteiger partial charge is 0.404 e. The molecule has 1 aliphatic rings. The molecule has 0 spiro atoms. The van der Waals surface area contributed by atoms with Crippen molar-refractivity contribution in [2.24, 2.45) is 16.6 Å². The summed E-state index contributed by atoms with van der Waals surface area (Å²) in [5, 5.41) is 11.2. The number of hydrogen-bond donors (Lipinski definition) is 1. The molecule has 0 aromatic heterocycles. The second-order valence-corrected chi connectivity index (χ2v) is 6.04. The van der Waals surface area contributed by atoms with Crippen LogP contribution in [0.15, 0.2) is 40.5 Å². The third kappa shape index (κ3) is 4.57. The normalized spacial score (nSPS) is 18.5. The first-order chi connectivity index (χ1) is 13.7. The van der Waals surface area contributed by atoms with Gasteiger partial charge in [-0.25, -0.2) is 9.59 Å². The van der Waals surface area contributed by atoms with Crippen molar-refractivity contribution in [3.05, 3.63) is 51.2 Å². The van der Waals surface area contributed by atoms with E-state index in [4.69, 9.17) is 19.9 Å². The average molecular weight is 405 g/mol. The summed E-state index contributed by atoms with van der Waals surface area (Å²) in [4.78, 5) is 50.9. The number of rotatable bonds is 6. The van der Waals surface area contributed by atoms with Crippen molar-refractivity contribution in [2.45, 2.75) is 12.8 Å². The van der Waals surface area contributed by atoms with Crippen LogP contribution in [0, 0.1) is 16.0 Å². The highest BCUT2D eigenvalue weighted by Gasteiger charge is 2.43. The number of esters is 2. The maximum Gasteiger partial charge on any atom is 0.404 e. The van der Waals surface area contributed by atoms with Crippen LogP contribution in [0.4, 0.5) is 10.5 Å². The lowest BCUT2D eigenvalue weighted by Gasteiger charge is -2.31. The molecule has 0 fully saturated rings. The van der Waals surface area contributed by atoms with Crippen LogP contribution in [-0.2, 0) is 23.8 Å². The molecule has 1 heterocycles. The molecule has 2 N–H and O–H groups in total. The molecule has 11 nitrogen and oxygen atoms in total. The third-order valence-corrected chi connectivity index (χ3v) is 4.37. The maximum atomic E-state index is 12.6. The zero-order valence-corrected chi connectivity index (χ0v) is 15.9. The van der Waals surface area contributed by atoms with Crippen molar-refractivity contribution < 1.29 is 33.5 Å². The number of carbonyl (C=O) groups excluding carboxylic acids is 3. The number of non-ortho nitro benzene ring substituents is 1. The number of aliphatic imine (C=N–C) groups is 1. The van der Waals surface area contributed by atoms with E-state index in [1.807, 2.05) is 0 Å². The highest BCUT2D eigenvalue weighted by molar-refractivity contribution is 6.07. The molecule has 1 aliphatic heterocycles. The summed E-state index contributed by atoms with van der Waals surface area (Å²) in [6.07, 6.45) is -1.09. The summed E-state index contributed by atoms with van der Waals surface area (Å²) in [5.74, 6) is -3.60. The molecule has 0 saturated carbocycles. The molecule has 2 unspecified atom stereocenters. The van der Waals surface area contributed by atoms with Gasteiger partial charge in [0.25, 0.3) is 5.69 Å². The SMILES string of the molecule is COC(=O)C1=C(COC(N)=O)N=C(C)C(C(=O)OC)C1c1cccc([N+](=O)[O-])c1. The minimum absolute atomic E-state index is 0.0183. The molecule has 1 aromatic carbocycles. The molecule has 0 radical (unpaired) electrons. The van der Waals surface area contributed by atoms with Gasteiger partial charge in [0, 0.05) is 23.8 Å². The molecule has 0 aliphatic carbocycles. The molecular weight excluding hydrogens is 386 g/mol. The number of hydrogen-bond acceptors (Lipinski definition) is 9. The Labute approximate surface area is 165 Å². The van der Waals surface area contributed by atoms with Gasteiger partial charge >= 0.3 is 18.0 Å². The molecule has 154 valence electrons. The summed E-state index contributed by atoms with van der Waals surface area (Å²) in [6.45, 7) is 1.08. The predicted octanol–water partition coefficient (Wildman–Crippen LogP) is 1.46. The maximum absolute atomic E-state index is 12.6. The number of ether oxygens (including phenoxy) is 3. The van der Waals surface area contributed by atoms with E-state index in [0.717, 1.165) is 7.11 Å². The van der Waals surface area contributed by atoms with E-state index < -0.39 is 41.4 Å². The number of nitro groups is 1. The van der Waals surface area contributed by atoms with Crippen molar-refractivity contribution in [3.8, 4) is 0 Å². The Morgan fingerprint density at radius 2 is 1.93 bits per heavy atom. The zero-order valence-electron chi connectivity index (χ0n) is 15.9. The highest BCUT2D eigenvalue weighted by atomic mass is 16.6. The molecule has 0 bridgehead atoms. The second-order valence-electron chi connectivity index (χ2n) is 6.04. The third-order valence-electron chi connectivity index (χ3n) is 4.37. The van der Waals surface area contributed by atoms with Crippen molar-refractivity contribution in [1.82, 2.24) is 0 Å². The fraction of sp³-hybridized carbons (Fsp3) is 0.333. The molecule has 29 heavy (non-hydrogen) atoms. The number of carbonyl (C=O) groups is 3. The molecule has 11 heteroatoms. The molecule has 1 aromatic rings. The Bertz CT molecular complexity index is 921. The van der Waals surface area contributed by atoms with Crippen LogP contribution in [0.3, 0.4) is 0 Å². The standard InChI is InChI=1S/C18H19N3O8/c1-9-13(16(22)27-2)14(10-5-4-6-11(7-10)21(25)26)15(17(23)28-3)12(20-9)8-29-18(19)24/h4-7,13-14H,8H2,1-3H3,(H2,19,24). The Morgan fingerprint density at radius 1 is 1.24 bits per heavy atom. The zero-order chi connectivity index (χ0) is 21.7. The van der Waals surface area contributed by atoms with Gasteiger partial charge < -0.3 is 19.9 Å². The van der Waals surface area contributed by atoms with E-state index in [2.05, 4.69) is 4.99 Å². The minimum Gasteiger partial charge on any atom is -0.468 e. The van der Waals surface area contributed by atoms with E-state index in [0.29, 0.717) is 5.56 Å². The lowest BCUT2D eigenvalue weighted by molar-refractivity contribution is -0.384. The van der Waals surface area contributed by atoms with Gasteiger partial charge in [-0.15, -0.1) is 0 Å². The van der Waals surface area contributed by atoms with Gasteiger partial charge in [-0.2, -0.15) is 0 Å². The fourth-order valence-corrected chi connectivity index (χ4v) is 3.16. The van der Waals surface area contributed by atoms with E-state index in [-0.39, 0.29) is 22.7 Å². The summed E-state index contributed by atoms with van der Waals surface area (Å²) in [5.41, 5.74) is 5.26. The van der Waals surface area contributed by atoms with E-state index in [1.54, 1.807) is 0 Å². The Hall–Kier alpha value is -3.76. The van der Waals surface area contributed by atoms with Crippen molar-refractivity contribution in [3.63, 3.8) is 0 Å². The second kappa shape index (κ2) is 8.95. The first-order valence-electron chi connectivity index (χ1n) is 8.32. The quantitative estimate of drug-likeness (QED) is 0.322. The molecule has 2 atom stereocenters. The van der Waals surface area contributed by atoms with Gasteiger partial charge in [-0.3, -0.25) is 19.9 Å². The summed E-state index contributed by atoms with van der Waals surface area (Å²) < 4.78 is 14.4. The number of benzene rings is 1. The first kappa shape index (κ1) is 21.5. The Balaban J connectivity index is 2.74. The van der Waals surface area contributed by atoms with E-state index in [1.165, 1.54) is 38.3 Å². The van der Waals surface area contributed by atoms with Gasteiger partial charge in [0.05, 0.1) is 30.4 Å². The van der Waals surface area contributed by atoms with Crippen molar-refractivity contribution in [2.75, 3.05) is 20.8 Å². The Morgan fingerprint density at radius 3 is 2.48 bits per heavy atom. The number of methoxy groups -OCH3 is 2. The largest absolute Gasteiger partial charge is 0.468 e. The van der Waals surface area contributed by atoms with E-state index in [9.17, 15) is 24.5 Å². The fourth-order valence-electron chi connectivity index (χ4n) is 3.16. The summed E-state index contributed by atoms with van der Waals surface area (Å²) in [6, 6.07) is 5.48. The van der Waals surface area contributed by atoms with Crippen LogP contribution in [-0.4, -0.2) is 49.5 Å². The van der Waals surface area contributed by atoms with Crippen LogP contribution in [0.5, 0.6) is 0 Å². The van der Waals surface area contributed by atoms with Crippen LogP contribution >= 0.6 is 0 Å². The molecule has 2 rings (SSSR count). The Kier molecular flexibility index (Phi) is 6.65. The van der Waals surface area contributed by atoms with E-state index >= 15 is 0 Å². The average Bonchev–Trinajstić information content (AvgIpc) is 2.70. The van der Waals surface area contributed by atoms with Gasteiger partial charge in [0.15, 0.2) is 0 Å². The van der Waals surface area contributed by atoms with Gasteiger partial charge in [0.1, 0.15) is 12.5 Å². The van der Waals surface area contributed by atoms with Gasteiger partial charge in [0.2, 0.25) is 0 Å². The molecule has 0 saturated heterocycles. The minimum atomic E-state index is -1.09. The van der Waals surface area contributed by atoms with Crippen molar-refractivity contribution >= 4 is 29.4 Å². The molecular formula is C18H19N3O8. The monoisotopic (exact) mass is 405 g/mol. The number of nitrogens with zero attached hydrogens (tertiary/aromatic N) is 2. The summed E-state index contributed by atoms with van der Waals surface area (Å²) in [7, 11) is 2.30. The highest BCUT2D eigenvalue weighted by Crippen LogP contribution is 2.41. The van der Waals surface area contributed by atoms with Crippen LogP contribution in [0.2, 0.25) is 0 Å². The number of amides is 1. The van der Waals surface area contributed by atoms with Crippen molar-refractivity contribution in [1.29, 1.82) is 0 Å². The lowest BCUT2D eigenvalue weighted by Crippen LogP contribution is -2.37. The number of nitro benzene ring substituents is 1. The number of nitrogens with two attached hydrogens (primary N) is 1. The summed E-state index contributed by atoms with van der Waals surface area (Å²) >= 11 is 0. The van der Waals surface area contributed by atoms with Gasteiger partial charge in [-0.05, 0) is 12.5 Å².